The molecular formula is C14H19FN2O2. The number of nitrogens with two attached hydrogens (primary N) is 1. The van der Waals surface area contributed by atoms with Crippen molar-refractivity contribution in [3.8, 4) is 0 Å². The van der Waals surface area contributed by atoms with Crippen molar-refractivity contribution >= 4 is 5.91 Å². The van der Waals surface area contributed by atoms with Crippen LogP contribution < -0.4 is 5.73 Å². The Morgan fingerprint density at radius 1 is 1.42 bits per heavy atom. The molecular weight excluding hydrogens is 247 g/mol. The number of hydrogen-bond donors (Lipinski definition) is 1. The van der Waals surface area contributed by atoms with Crippen LogP contribution in [0.3, 0.4) is 0 Å². The van der Waals surface area contributed by atoms with E-state index in [1.165, 1.54) is 12.1 Å². The molecule has 0 radical (unpaired) electrons. The number of methoxy groups -OCH3 is 1. The highest BCUT2D eigenvalue weighted by Gasteiger charge is 2.34. The van der Waals surface area contributed by atoms with Gasteiger partial charge in [0.15, 0.2) is 0 Å². The summed E-state index contributed by atoms with van der Waals surface area (Å²) in [5.41, 5.74) is 7.02. The maximum Gasteiger partial charge on any atom is 0.223 e. The highest BCUT2D eigenvalue weighted by molar-refractivity contribution is 5.78. The molecule has 0 aliphatic carbocycles. The summed E-state index contributed by atoms with van der Waals surface area (Å²) in [5.74, 6) is -0.212. The molecule has 1 saturated heterocycles. The van der Waals surface area contributed by atoms with Gasteiger partial charge in [0.1, 0.15) is 5.82 Å². The molecule has 1 fully saturated rings. The van der Waals surface area contributed by atoms with Crippen LogP contribution in [0.15, 0.2) is 24.3 Å². The molecule has 2 N–H and O–H groups in total. The SMILES string of the molecule is COCCN1C(=O)CCC(N)C1c1ccc(F)cc1. The minimum atomic E-state index is -0.289. The van der Waals surface area contributed by atoms with Crippen LogP contribution in [0.1, 0.15) is 24.4 Å². The van der Waals surface area contributed by atoms with E-state index in [4.69, 9.17) is 10.5 Å². The zero-order valence-electron chi connectivity index (χ0n) is 11.0. The second-order valence-electron chi connectivity index (χ2n) is 4.78. The number of halogens is 1. The van der Waals surface area contributed by atoms with E-state index >= 15 is 0 Å². The summed E-state index contributed by atoms with van der Waals surface area (Å²) in [6, 6.07) is 5.86. The third kappa shape index (κ3) is 3.11. The Morgan fingerprint density at radius 2 is 2.11 bits per heavy atom. The number of benzene rings is 1. The quantitative estimate of drug-likeness (QED) is 0.897. The van der Waals surface area contributed by atoms with Crippen LogP contribution in [0.5, 0.6) is 0 Å². The molecule has 19 heavy (non-hydrogen) atoms. The first-order valence-corrected chi connectivity index (χ1v) is 6.43. The first-order valence-electron chi connectivity index (χ1n) is 6.43. The summed E-state index contributed by atoms with van der Waals surface area (Å²) in [4.78, 5) is 13.8. The molecule has 2 atom stereocenters. The molecule has 1 aromatic carbocycles. The predicted octanol–water partition coefficient (Wildman–Crippen LogP) is 1.46. The highest BCUT2D eigenvalue weighted by Crippen LogP contribution is 2.30. The number of hydrogen-bond acceptors (Lipinski definition) is 3. The lowest BCUT2D eigenvalue weighted by Crippen LogP contribution is -2.49. The van der Waals surface area contributed by atoms with E-state index in [1.54, 1.807) is 24.1 Å². The average molecular weight is 266 g/mol. The van der Waals surface area contributed by atoms with Crippen LogP contribution in [0.2, 0.25) is 0 Å². The van der Waals surface area contributed by atoms with Gasteiger partial charge in [0, 0.05) is 26.1 Å². The van der Waals surface area contributed by atoms with E-state index in [1.807, 2.05) is 0 Å². The molecule has 2 rings (SSSR count). The Labute approximate surface area is 112 Å². The second-order valence-corrected chi connectivity index (χ2v) is 4.78. The number of ether oxygens (including phenoxy) is 1. The average Bonchev–Trinajstić information content (AvgIpc) is 2.41. The van der Waals surface area contributed by atoms with Crippen molar-refractivity contribution in [2.75, 3.05) is 20.3 Å². The molecule has 0 spiro atoms. The minimum Gasteiger partial charge on any atom is -0.383 e. The number of piperidine rings is 1. The number of carbonyl (C=O) groups excluding carboxylic acids is 1. The Morgan fingerprint density at radius 3 is 2.74 bits per heavy atom. The van der Waals surface area contributed by atoms with Crippen molar-refractivity contribution in [1.29, 1.82) is 0 Å². The Kier molecular flexibility index (Phi) is 4.50. The number of rotatable bonds is 4. The first kappa shape index (κ1) is 14.0. The maximum atomic E-state index is 13.0. The van der Waals surface area contributed by atoms with Gasteiger partial charge in [-0.25, -0.2) is 4.39 Å². The zero-order valence-corrected chi connectivity index (χ0v) is 11.0. The molecule has 0 saturated carbocycles. The van der Waals surface area contributed by atoms with Crippen LogP contribution in [0, 0.1) is 5.82 Å². The summed E-state index contributed by atoms with van der Waals surface area (Å²) >= 11 is 0. The van der Waals surface area contributed by atoms with Crippen molar-refractivity contribution in [3.63, 3.8) is 0 Å². The molecule has 0 aromatic heterocycles. The third-order valence-corrected chi connectivity index (χ3v) is 3.50. The van der Waals surface area contributed by atoms with E-state index < -0.39 is 0 Å². The molecule has 4 nitrogen and oxygen atoms in total. The zero-order chi connectivity index (χ0) is 13.8. The highest BCUT2D eigenvalue weighted by atomic mass is 19.1. The van der Waals surface area contributed by atoms with Crippen molar-refractivity contribution < 1.29 is 13.9 Å². The molecule has 1 heterocycles. The fourth-order valence-electron chi connectivity index (χ4n) is 2.52. The summed E-state index contributed by atoms with van der Waals surface area (Å²) in [7, 11) is 1.60. The number of nitrogens with zero attached hydrogens (tertiary/aromatic N) is 1. The van der Waals surface area contributed by atoms with Gasteiger partial charge in [-0.2, -0.15) is 0 Å². The molecule has 104 valence electrons. The fraction of sp³-hybridized carbons (Fsp3) is 0.500. The number of amides is 1. The van der Waals surface area contributed by atoms with Crippen LogP contribution >= 0.6 is 0 Å². The van der Waals surface area contributed by atoms with Gasteiger partial charge in [0.05, 0.1) is 12.6 Å². The lowest BCUT2D eigenvalue weighted by molar-refractivity contribution is -0.138. The fourth-order valence-corrected chi connectivity index (χ4v) is 2.52. The van der Waals surface area contributed by atoms with Crippen molar-refractivity contribution in [2.24, 2.45) is 5.73 Å². The summed E-state index contributed by atoms with van der Waals surface area (Å²) < 4.78 is 18.0. The Bertz CT molecular complexity index is 436. The number of carbonyl (C=O) groups is 1. The van der Waals surface area contributed by atoms with Gasteiger partial charge in [0.25, 0.3) is 0 Å². The lowest BCUT2D eigenvalue weighted by atomic mass is 9.90. The van der Waals surface area contributed by atoms with Crippen LogP contribution in [-0.4, -0.2) is 37.1 Å². The normalized spacial score (nSPS) is 23.7. The second kappa shape index (κ2) is 6.12. The Hall–Kier alpha value is -1.46. The van der Waals surface area contributed by atoms with Crippen LogP contribution in [0.25, 0.3) is 0 Å². The maximum absolute atomic E-state index is 13.0. The van der Waals surface area contributed by atoms with Gasteiger partial charge in [-0.15, -0.1) is 0 Å². The summed E-state index contributed by atoms with van der Waals surface area (Å²) in [6.45, 7) is 0.973. The van der Waals surface area contributed by atoms with E-state index in [0.29, 0.717) is 26.0 Å². The molecule has 2 unspecified atom stereocenters. The van der Waals surface area contributed by atoms with Gasteiger partial charge < -0.3 is 15.4 Å². The van der Waals surface area contributed by atoms with Gasteiger partial charge >= 0.3 is 0 Å². The standard InChI is InChI=1S/C14H19FN2O2/c1-19-9-8-17-13(18)7-6-12(16)14(17)10-2-4-11(15)5-3-10/h2-5,12,14H,6-9,16H2,1H3. The minimum absolute atomic E-state index is 0.0769. The van der Waals surface area contributed by atoms with Crippen LogP contribution in [-0.2, 0) is 9.53 Å². The summed E-state index contributed by atoms with van der Waals surface area (Å²) in [5, 5.41) is 0. The molecule has 1 aromatic rings. The first-order chi connectivity index (χ1) is 9.13. The van der Waals surface area contributed by atoms with Crippen molar-refractivity contribution in [3.05, 3.63) is 35.6 Å². The largest absolute Gasteiger partial charge is 0.383 e. The third-order valence-electron chi connectivity index (χ3n) is 3.50. The van der Waals surface area contributed by atoms with Gasteiger partial charge in [0.2, 0.25) is 5.91 Å². The van der Waals surface area contributed by atoms with Crippen molar-refractivity contribution in [1.82, 2.24) is 4.90 Å². The van der Waals surface area contributed by atoms with Crippen molar-refractivity contribution in [2.45, 2.75) is 24.9 Å². The van der Waals surface area contributed by atoms with Gasteiger partial charge in [-0.05, 0) is 24.1 Å². The molecule has 1 aliphatic rings. The molecule has 5 heteroatoms. The molecule has 0 bridgehead atoms. The topological polar surface area (TPSA) is 55.6 Å². The monoisotopic (exact) mass is 266 g/mol. The smallest absolute Gasteiger partial charge is 0.223 e. The van der Waals surface area contributed by atoms with Gasteiger partial charge in [-0.3, -0.25) is 4.79 Å². The number of likely N-dealkylation sites (tertiary alicyclic amines) is 1. The van der Waals surface area contributed by atoms with E-state index in [2.05, 4.69) is 0 Å². The van der Waals surface area contributed by atoms with Gasteiger partial charge in [-0.1, -0.05) is 12.1 Å². The predicted molar refractivity (Wildman–Crippen MR) is 69.9 cm³/mol. The summed E-state index contributed by atoms with van der Waals surface area (Å²) in [6.07, 6.45) is 1.12. The molecule has 1 amide bonds. The van der Waals surface area contributed by atoms with E-state index in [0.717, 1.165) is 5.56 Å². The van der Waals surface area contributed by atoms with Crippen LogP contribution in [0.4, 0.5) is 4.39 Å². The van der Waals surface area contributed by atoms with E-state index in [9.17, 15) is 9.18 Å². The Balaban J connectivity index is 2.25. The molecule has 1 aliphatic heterocycles. The van der Waals surface area contributed by atoms with E-state index in [-0.39, 0.29) is 23.8 Å². The lowest BCUT2D eigenvalue weighted by Gasteiger charge is -2.40.